The molecule has 9 heteroatoms. The largest absolute Gasteiger partial charge is 0.455 e. The zero-order valence-electron chi connectivity index (χ0n) is 17.2. The molecule has 31 heavy (non-hydrogen) atoms. The molecule has 1 aromatic carbocycles. The number of aryl methyl sites for hydroxylation is 1. The number of morpholine rings is 1. The van der Waals surface area contributed by atoms with Gasteiger partial charge in [0.25, 0.3) is 11.8 Å². The van der Waals surface area contributed by atoms with E-state index < -0.39 is 5.91 Å². The van der Waals surface area contributed by atoms with E-state index in [2.05, 4.69) is 15.2 Å². The molecule has 0 atom stereocenters. The van der Waals surface area contributed by atoms with E-state index in [1.807, 2.05) is 6.92 Å². The number of fused-ring (bicyclic) bond motifs is 1. The van der Waals surface area contributed by atoms with Crippen molar-refractivity contribution in [3.05, 3.63) is 52.7 Å². The predicted octanol–water partition coefficient (Wildman–Crippen LogP) is 2.56. The van der Waals surface area contributed by atoms with Gasteiger partial charge in [-0.1, -0.05) is 0 Å². The first-order valence-electron chi connectivity index (χ1n) is 10.1. The van der Waals surface area contributed by atoms with Crippen LogP contribution >= 0.6 is 11.3 Å². The summed E-state index contributed by atoms with van der Waals surface area (Å²) in [7, 11) is 0. The van der Waals surface area contributed by atoms with E-state index in [0.717, 1.165) is 48.5 Å². The maximum atomic E-state index is 12.4. The van der Waals surface area contributed by atoms with Crippen LogP contribution in [0.15, 0.2) is 36.7 Å². The van der Waals surface area contributed by atoms with Gasteiger partial charge in [-0.15, -0.1) is 11.3 Å². The van der Waals surface area contributed by atoms with Crippen LogP contribution in [0, 0.1) is 6.92 Å². The van der Waals surface area contributed by atoms with E-state index in [4.69, 9.17) is 15.2 Å². The molecule has 0 spiro atoms. The van der Waals surface area contributed by atoms with Crippen LogP contribution in [0.25, 0.3) is 10.1 Å². The molecule has 162 valence electrons. The quantitative estimate of drug-likeness (QED) is 0.585. The van der Waals surface area contributed by atoms with E-state index in [-0.39, 0.29) is 5.91 Å². The number of hydrogen-bond donors (Lipinski definition) is 2. The highest BCUT2D eigenvalue weighted by molar-refractivity contribution is 7.21. The summed E-state index contributed by atoms with van der Waals surface area (Å²) in [5.41, 5.74) is 6.81. The highest BCUT2D eigenvalue weighted by atomic mass is 32.1. The number of amides is 2. The van der Waals surface area contributed by atoms with Crippen molar-refractivity contribution in [1.82, 2.24) is 15.2 Å². The van der Waals surface area contributed by atoms with Gasteiger partial charge < -0.3 is 20.5 Å². The van der Waals surface area contributed by atoms with Crippen LogP contribution in [0.2, 0.25) is 0 Å². The second kappa shape index (κ2) is 9.42. The second-order valence-electron chi connectivity index (χ2n) is 7.27. The molecule has 1 saturated heterocycles. The standard InChI is InChI=1S/C22H24N4O4S/c1-14-19-17(12-24-13-18(19)31-20(14)21(23)27)30-16-4-2-15(3-5-16)22(28)25-6-7-26-8-10-29-11-9-26/h2-5,12-13H,6-11H2,1H3,(H2,23,27)(H,25,28). The number of thiophene rings is 1. The number of hydrogen-bond acceptors (Lipinski definition) is 7. The maximum absolute atomic E-state index is 12.4. The molecule has 0 radical (unpaired) electrons. The lowest BCUT2D eigenvalue weighted by Crippen LogP contribution is -2.41. The number of carbonyl (C=O) groups excluding carboxylic acids is 2. The lowest BCUT2D eigenvalue weighted by molar-refractivity contribution is 0.0383. The Labute approximate surface area is 184 Å². The molecule has 2 aromatic heterocycles. The highest BCUT2D eigenvalue weighted by Gasteiger charge is 2.17. The van der Waals surface area contributed by atoms with Gasteiger partial charge in [-0.3, -0.25) is 19.5 Å². The average Bonchev–Trinajstić information content (AvgIpc) is 3.13. The molecule has 3 heterocycles. The summed E-state index contributed by atoms with van der Waals surface area (Å²) in [6, 6.07) is 6.93. The van der Waals surface area contributed by atoms with Gasteiger partial charge in [0.15, 0.2) is 5.75 Å². The molecule has 1 fully saturated rings. The molecule has 0 bridgehead atoms. The first-order valence-corrected chi connectivity index (χ1v) is 10.9. The van der Waals surface area contributed by atoms with Crippen LogP contribution in [-0.2, 0) is 4.74 Å². The number of pyridine rings is 1. The number of ether oxygens (including phenoxy) is 2. The Hall–Kier alpha value is -3.01. The lowest BCUT2D eigenvalue weighted by Gasteiger charge is -2.26. The summed E-state index contributed by atoms with van der Waals surface area (Å²) in [6.07, 6.45) is 3.30. The molecule has 0 aliphatic carbocycles. The Morgan fingerprint density at radius 1 is 1.23 bits per heavy atom. The lowest BCUT2D eigenvalue weighted by atomic mass is 10.1. The van der Waals surface area contributed by atoms with Crippen molar-refractivity contribution >= 4 is 33.2 Å². The number of nitrogens with two attached hydrogens (primary N) is 1. The van der Waals surface area contributed by atoms with Gasteiger partial charge in [0, 0.05) is 43.3 Å². The summed E-state index contributed by atoms with van der Waals surface area (Å²) < 4.78 is 12.2. The van der Waals surface area contributed by atoms with E-state index in [1.54, 1.807) is 36.7 Å². The second-order valence-corrected chi connectivity index (χ2v) is 8.32. The molecule has 3 N–H and O–H groups in total. The van der Waals surface area contributed by atoms with Crippen LogP contribution in [0.4, 0.5) is 0 Å². The monoisotopic (exact) mass is 440 g/mol. The number of benzene rings is 1. The van der Waals surface area contributed by atoms with Crippen molar-refractivity contribution in [3.63, 3.8) is 0 Å². The molecular formula is C22H24N4O4S. The van der Waals surface area contributed by atoms with Gasteiger partial charge in [0.2, 0.25) is 0 Å². The summed E-state index contributed by atoms with van der Waals surface area (Å²) in [4.78, 5) is 31.0. The molecule has 1 aliphatic heterocycles. The van der Waals surface area contributed by atoms with Crippen molar-refractivity contribution in [3.8, 4) is 11.5 Å². The Balaban J connectivity index is 1.40. The van der Waals surface area contributed by atoms with Crippen LogP contribution in [0.1, 0.15) is 25.6 Å². The minimum absolute atomic E-state index is 0.122. The van der Waals surface area contributed by atoms with E-state index >= 15 is 0 Å². The van der Waals surface area contributed by atoms with Crippen molar-refractivity contribution in [2.45, 2.75) is 6.92 Å². The smallest absolute Gasteiger partial charge is 0.259 e. The Kier molecular flexibility index (Phi) is 6.45. The third-order valence-corrected chi connectivity index (χ3v) is 6.43. The molecule has 0 saturated carbocycles. The fourth-order valence-corrected chi connectivity index (χ4v) is 4.58. The Bertz CT molecular complexity index is 1090. The van der Waals surface area contributed by atoms with Crippen LogP contribution < -0.4 is 15.8 Å². The fourth-order valence-electron chi connectivity index (χ4n) is 3.54. The number of aromatic nitrogens is 1. The molecule has 3 aromatic rings. The van der Waals surface area contributed by atoms with Crippen molar-refractivity contribution in [2.24, 2.45) is 5.73 Å². The highest BCUT2D eigenvalue weighted by Crippen LogP contribution is 2.37. The zero-order valence-corrected chi connectivity index (χ0v) is 18.0. The minimum Gasteiger partial charge on any atom is -0.455 e. The first-order chi connectivity index (χ1) is 15.0. The number of nitrogens with zero attached hydrogens (tertiary/aromatic N) is 2. The molecule has 0 unspecified atom stereocenters. The third kappa shape index (κ3) is 4.84. The number of primary amides is 1. The Morgan fingerprint density at radius 2 is 1.97 bits per heavy atom. The minimum atomic E-state index is -0.464. The van der Waals surface area contributed by atoms with Gasteiger partial charge in [0.05, 0.1) is 29.0 Å². The molecule has 8 nitrogen and oxygen atoms in total. The summed E-state index contributed by atoms with van der Waals surface area (Å²) in [6.45, 7) is 6.52. The zero-order chi connectivity index (χ0) is 21.8. The summed E-state index contributed by atoms with van der Waals surface area (Å²) >= 11 is 1.30. The predicted molar refractivity (Wildman–Crippen MR) is 119 cm³/mol. The van der Waals surface area contributed by atoms with Gasteiger partial charge in [-0.2, -0.15) is 0 Å². The van der Waals surface area contributed by atoms with Crippen LogP contribution in [0.3, 0.4) is 0 Å². The van der Waals surface area contributed by atoms with Crippen LogP contribution in [0.5, 0.6) is 11.5 Å². The van der Waals surface area contributed by atoms with E-state index in [1.165, 1.54) is 11.3 Å². The van der Waals surface area contributed by atoms with Gasteiger partial charge >= 0.3 is 0 Å². The molecule has 4 rings (SSSR count). The number of carbonyl (C=O) groups is 2. The van der Waals surface area contributed by atoms with Gasteiger partial charge in [-0.25, -0.2) is 0 Å². The topological polar surface area (TPSA) is 107 Å². The molecular weight excluding hydrogens is 416 g/mol. The van der Waals surface area contributed by atoms with E-state index in [0.29, 0.717) is 28.5 Å². The SMILES string of the molecule is Cc1c(C(N)=O)sc2cncc(Oc3ccc(C(=O)NCCN4CCOCC4)cc3)c12. The summed E-state index contributed by atoms with van der Waals surface area (Å²) in [5, 5.41) is 3.76. The number of nitrogens with one attached hydrogen (secondary N) is 1. The summed E-state index contributed by atoms with van der Waals surface area (Å²) in [5.74, 6) is 0.531. The van der Waals surface area contributed by atoms with E-state index in [9.17, 15) is 9.59 Å². The van der Waals surface area contributed by atoms with Crippen LogP contribution in [-0.4, -0.2) is 61.1 Å². The molecule has 2 amide bonds. The normalized spacial score (nSPS) is 14.5. The fraction of sp³-hybridized carbons (Fsp3) is 0.318. The maximum Gasteiger partial charge on any atom is 0.259 e. The van der Waals surface area contributed by atoms with Gasteiger partial charge in [0.1, 0.15) is 5.75 Å². The van der Waals surface area contributed by atoms with Crippen molar-refractivity contribution < 1.29 is 19.1 Å². The first kappa shape index (κ1) is 21.2. The third-order valence-electron chi connectivity index (χ3n) is 5.19. The molecule has 1 aliphatic rings. The van der Waals surface area contributed by atoms with Crippen molar-refractivity contribution in [1.29, 1.82) is 0 Å². The average molecular weight is 441 g/mol. The van der Waals surface area contributed by atoms with Gasteiger partial charge in [-0.05, 0) is 36.8 Å². The number of rotatable bonds is 7. The van der Waals surface area contributed by atoms with Crippen molar-refractivity contribution in [2.75, 3.05) is 39.4 Å². The Morgan fingerprint density at radius 3 is 2.68 bits per heavy atom.